The summed E-state index contributed by atoms with van der Waals surface area (Å²) in [5, 5.41) is 0. The van der Waals surface area contributed by atoms with Crippen LogP contribution in [0.3, 0.4) is 0 Å². The van der Waals surface area contributed by atoms with Gasteiger partial charge in [0.05, 0.1) is 13.2 Å². The van der Waals surface area contributed by atoms with Crippen molar-refractivity contribution in [3.8, 4) is 0 Å². The van der Waals surface area contributed by atoms with Crippen molar-refractivity contribution in [1.29, 1.82) is 0 Å². The van der Waals surface area contributed by atoms with Gasteiger partial charge in [0.2, 0.25) is 0 Å². The molecule has 0 aromatic heterocycles. The second-order valence-electron chi connectivity index (χ2n) is 4.81. The zero-order chi connectivity index (χ0) is 14.3. The number of benzene rings is 1. The molecule has 0 spiro atoms. The highest BCUT2D eigenvalue weighted by atomic mass is 16.6. The lowest BCUT2D eigenvalue weighted by atomic mass is 10.1. The monoisotopic (exact) mass is 264 g/mol. The van der Waals surface area contributed by atoms with Crippen LogP contribution in [0.15, 0.2) is 18.2 Å². The van der Waals surface area contributed by atoms with Gasteiger partial charge in [0.15, 0.2) is 6.10 Å². The van der Waals surface area contributed by atoms with Crippen LogP contribution in [0.1, 0.15) is 43.4 Å². The van der Waals surface area contributed by atoms with Crippen LogP contribution in [0.4, 0.5) is 0 Å². The van der Waals surface area contributed by atoms with Gasteiger partial charge in [-0.3, -0.25) is 0 Å². The van der Waals surface area contributed by atoms with E-state index in [1.807, 2.05) is 13.8 Å². The Labute approximate surface area is 115 Å². The van der Waals surface area contributed by atoms with Gasteiger partial charge in [-0.25, -0.2) is 4.79 Å². The second kappa shape index (κ2) is 7.95. The van der Waals surface area contributed by atoms with E-state index in [4.69, 9.17) is 9.47 Å². The molecule has 1 unspecified atom stereocenters. The number of ether oxygens (including phenoxy) is 2. The number of carbonyl (C=O) groups is 1. The Balaban J connectivity index is 2.55. The summed E-state index contributed by atoms with van der Waals surface area (Å²) in [5.41, 5.74) is 3.54. The fourth-order valence-corrected chi connectivity index (χ4v) is 1.85. The largest absolute Gasteiger partial charge is 0.464 e. The highest BCUT2D eigenvalue weighted by molar-refractivity contribution is 5.74. The average molecular weight is 264 g/mol. The van der Waals surface area contributed by atoms with E-state index < -0.39 is 6.10 Å². The van der Waals surface area contributed by atoms with Gasteiger partial charge < -0.3 is 9.47 Å². The van der Waals surface area contributed by atoms with Gasteiger partial charge in [-0.05, 0) is 37.8 Å². The summed E-state index contributed by atoms with van der Waals surface area (Å²) >= 11 is 0. The fraction of sp³-hybridized carbons (Fsp3) is 0.562. The molecule has 0 bridgehead atoms. The molecule has 0 amide bonds. The molecule has 0 saturated heterocycles. The predicted octanol–water partition coefficient (Wildman–Crippen LogP) is 3.55. The lowest BCUT2D eigenvalue weighted by Gasteiger charge is -2.16. The van der Waals surface area contributed by atoms with Crippen LogP contribution < -0.4 is 0 Å². The lowest BCUT2D eigenvalue weighted by molar-refractivity contribution is -0.158. The van der Waals surface area contributed by atoms with Crippen LogP contribution >= 0.6 is 0 Å². The minimum absolute atomic E-state index is 0.255. The molecule has 0 heterocycles. The van der Waals surface area contributed by atoms with Crippen molar-refractivity contribution in [2.45, 2.75) is 53.2 Å². The molecule has 0 saturated carbocycles. The van der Waals surface area contributed by atoms with Gasteiger partial charge in [-0.1, -0.05) is 37.6 Å². The Morgan fingerprint density at radius 2 is 2.00 bits per heavy atom. The van der Waals surface area contributed by atoms with Gasteiger partial charge in [0, 0.05) is 0 Å². The molecule has 0 aliphatic rings. The van der Waals surface area contributed by atoms with Gasteiger partial charge in [-0.15, -0.1) is 0 Å². The second-order valence-corrected chi connectivity index (χ2v) is 4.81. The summed E-state index contributed by atoms with van der Waals surface area (Å²) in [6.45, 7) is 8.94. The predicted molar refractivity (Wildman–Crippen MR) is 76.0 cm³/mol. The number of hydrogen-bond acceptors (Lipinski definition) is 3. The lowest BCUT2D eigenvalue weighted by Crippen LogP contribution is -2.26. The van der Waals surface area contributed by atoms with E-state index in [0.717, 1.165) is 12.0 Å². The van der Waals surface area contributed by atoms with E-state index in [9.17, 15) is 4.79 Å². The van der Waals surface area contributed by atoms with Crippen LogP contribution in [0, 0.1) is 13.8 Å². The van der Waals surface area contributed by atoms with E-state index in [0.29, 0.717) is 19.6 Å². The van der Waals surface area contributed by atoms with E-state index in [-0.39, 0.29) is 5.97 Å². The molecule has 106 valence electrons. The van der Waals surface area contributed by atoms with Crippen molar-refractivity contribution >= 4 is 5.97 Å². The van der Waals surface area contributed by atoms with Gasteiger partial charge in [-0.2, -0.15) is 0 Å². The van der Waals surface area contributed by atoms with Crippen molar-refractivity contribution in [3.05, 3.63) is 34.9 Å². The van der Waals surface area contributed by atoms with Crippen molar-refractivity contribution in [2.75, 3.05) is 6.61 Å². The molecule has 1 aromatic rings. The molecule has 0 radical (unpaired) electrons. The van der Waals surface area contributed by atoms with Crippen LogP contribution in [-0.2, 0) is 20.9 Å². The zero-order valence-corrected chi connectivity index (χ0v) is 12.4. The van der Waals surface area contributed by atoms with Gasteiger partial charge in [0.1, 0.15) is 0 Å². The molecule has 0 fully saturated rings. The Bertz CT molecular complexity index is 412. The Morgan fingerprint density at radius 1 is 1.26 bits per heavy atom. The normalized spacial score (nSPS) is 12.2. The smallest absolute Gasteiger partial charge is 0.335 e. The zero-order valence-electron chi connectivity index (χ0n) is 12.4. The molecular weight excluding hydrogens is 240 g/mol. The number of carbonyl (C=O) groups excluding carboxylic acids is 1. The van der Waals surface area contributed by atoms with Crippen molar-refractivity contribution < 1.29 is 14.3 Å². The molecule has 1 rings (SSSR count). The molecule has 19 heavy (non-hydrogen) atoms. The third kappa shape index (κ3) is 5.03. The van der Waals surface area contributed by atoms with E-state index >= 15 is 0 Å². The van der Waals surface area contributed by atoms with Crippen LogP contribution in [-0.4, -0.2) is 18.7 Å². The van der Waals surface area contributed by atoms with E-state index in [2.05, 4.69) is 32.0 Å². The molecule has 1 aromatic carbocycles. The molecule has 1 atom stereocenters. The first-order valence-corrected chi connectivity index (χ1v) is 6.92. The Morgan fingerprint density at radius 3 is 2.58 bits per heavy atom. The molecule has 0 aliphatic heterocycles. The minimum Gasteiger partial charge on any atom is -0.464 e. The SMILES string of the molecule is CCCOC(=O)C(CC)OCc1ccc(C)cc1C. The molecule has 0 aliphatic carbocycles. The first kappa shape index (κ1) is 15.7. The first-order valence-electron chi connectivity index (χ1n) is 6.92. The van der Waals surface area contributed by atoms with E-state index in [1.54, 1.807) is 0 Å². The quantitative estimate of drug-likeness (QED) is 0.706. The first-order chi connectivity index (χ1) is 9.08. The summed E-state index contributed by atoms with van der Waals surface area (Å²) in [6, 6.07) is 6.23. The van der Waals surface area contributed by atoms with Crippen molar-refractivity contribution in [1.82, 2.24) is 0 Å². The van der Waals surface area contributed by atoms with Gasteiger partial charge >= 0.3 is 5.97 Å². The summed E-state index contributed by atoms with van der Waals surface area (Å²) in [4.78, 5) is 11.7. The number of esters is 1. The maximum atomic E-state index is 11.7. The summed E-state index contributed by atoms with van der Waals surface area (Å²) < 4.78 is 10.8. The van der Waals surface area contributed by atoms with Crippen LogP contribution in [0.25, 0.3) is 0 Å². The van der Waals surface area contributed by atoms with Crippen LogP contribution in [0.5, 0.6) is 0 Å². The number of aryl methyl sites for hydroxylation is 2. The fourth-order valence-electron chi connectivity index (χ4n) is 1.85. The highest BCUT2D eigenvalue weighted by Gasteiger charge is 2.18. The highest BCUT2D eigenvalue weighted by Crippen LogP contribution is 2.14. The number of hydrogen-bond donors (Lipinski definition) is 0. The number of rotatable bonds is 7. The molecule has 0 N–H and O–H groups in total. The maximum absolute atomic E-state index is 11.7. The minimum atomic E-state index is -0.466. The Kier molecular flexibility index (Phi) is 6.57. The van der Waals surface area contributed by atoms with Crippen molar-refractivity contribution in [2.24, 2.45) is 0 Å². The molecule has 3 heteroatoms. The third-order valence-corrected chi connectivity index (χ3v) is 3.02. The summed E-state index contributed by atoms with van der Waals surface area (Å²) in [5.74, 6) is -0.255. The molecule has 3 nitrogen and oxygen atoms in total. The Hall–Kier alpha value is -1.35. The third-order valence-electron chi connectivity index (χ3n) is 3.02. The average Bonchev–Trinajstić information content (AvgIpc) is 2.39. The summed E-state index contributed by atoms with van der Waals surface area (Å²) in [6.07, 6.45) is 0.999. The standard InChI is InChI=1S/C16H24O3/c1-5-9-18-16(17)15(6-2)19-11-14-8-7-12(3)10-13(14)4/h7-8,10,15H,5-6,9,11H2,1-4H3. The van der Waals surface area contributed by atoms with Crippen LogP contribution in [0.2, 0.25) is 0 Å². The van der Waals surface area contributed by atoms with E-state index in [1.165, 1.54) is 11.1 Å². The maximum Gasteiger partial charge on any atom is 0.335 e. The summed E-state index contributed by atoms with van der Waals surface area (Å²) in [7, 11) is 0. The molecular formula is C16H24O3. The topological polar surface area (TPSA) is 35.5 Å². The van der Waals surface area contributed by atoms with Gasteiger partial charge in [0.25, 0.3) is 0 Å². The van der Waals surface area contributed by atoms with Crippen molar-refractivity contribution in [3.63, 3.8) is 0 Å².